The molecule has 0 aliphatic rings. The maximum Gasteiger partial charge on any atom is 0.305 e. The molecular weight excluding hydrogens is 462 g/mol. The van der Waals surface area contributed by atoms with Gasteiger partial charge >= 0.3 is 11.9 Å². The van der Waals surface area contributed by atoms with E-state index in [-0.39, 0.29) is 30.8 Å². The molecule has 0 unspecified atom stereocenters. The number of thiazole rings is 1. The van der Waals surface area contributed by atoms with Crippen molar-refractivity contribution in [1.29, 1.82) is 5.41 Å². The monoisotopic (exact) mass is 489 g/mol. The quantitative estimate of drug-likeness (QED) is 0.170. The first-order chi connectivity index (χ1) is 16.1. The van der Waals surface area contributed by atoms with Crippen molar-refractivity contribution in [1.82, 2.24) is 9.88 Å². The summed E-state index contributed by atoms with van der Waals surface area (Å²) in [6.07, 6.45) is 1.63. The normalized spacial score (nSPS) is 11.3. The number of amides is 2. The number of rotatable bonds is 12. The lowest BCUT2D eigenvalue weighted by Crippen LogP contribution is -2.26. The highest BCUT2D eigenvalue weighted by Crippen LogP contribution is 2.14. The summed E-state index contributed by atoms with van der Waals surface area (Å²) in [6, 6.07) is 6.11. The molecule has 34 heavy (non-hydrogen) atoms. The van der Waals surface area contributed by atoms with Crippen LogP contribution in [-0.4, -0.2) is 50.9 Å². The summed E-state index contributed by atoms with van der Waals surface area (Å²) in [6.45, 7) is 2.11. The second kappa shape index (κ2) is 12.4. The van der Waals surface area contributed by atoms with Gasteiger partial charge in [-0.25, -0.2) is 0 Å². The number of nitrogens with one attached hydrogen (secondary N) is 2. The summed E-state index contributed by atoms with van der Waals surface area (Å²) in [5.41, 5.74) is 6.78. The number of aromatic nitrogens is 1. The summed E-state index contributed by atoms with van der Waals surface area (Å²) < 4.78 is 1.74. The summed E-state index contributed by atoms with van der Waals surface area (Å²) in [7, 11) is 0. The second-order valence-corrected chi connectivity index (χ2v) is 8.44. The molecule has 1 aromatic heterocycles. The first-order valence-corrected chi connectivity index (χ1v) is 11.4. The molecule has 12 heteroatoms. The average Bonchev–Trinajstić information content (AvgIpc) is 3.08. The molecule has 0 aliphatic carbocycles. The smallest absolute Gasteiger partial charge is 0.305 e. The number of nitrogen functional groups attached to an aromatic ring is 1. The minimum atomic E-state index is -1.03. The summed E-state index contributed by atoms with van der Waals surface area (Å²) in [5, 5.41) is 27.6. The lowest BCUT2D eigenvalue weighted by Gasteiger charge is -2.07. The standard InChI is InChI=1S/C22H27N5O6S/c1-13-18(21(33)25-11-10-17(30)31)34-22(27(13)12-4-2-3-5-16(28)29)26-20(32)15-8-6-14(7-9-15)19(23)24/h6-9H,2-5,10-12H2,1H3,(H3,23,24)(H,25,33)(H,28,29)(H,30,31). The van der Waals surface area contributed by atoms with Crippen molar-refractivity contribution in [3.05, 3.63) is 50.8 Å². The maximum absolute atomic E-state index is 12.7. The molecule has 0 saturated carbocycles. The average molecular weight is 490 g/mol. The van der Waals surface area contributed by atoms with E-state index in [1.54, 1.807) is 23.6 Å². The molecule has 2 amide bonds. The second-order valence-electron chi connectivity index (χ2n) is 7.46. The summed E-state index contributed by atoms with van der Waals surface area (Å²) >= 11 is 1.02. The van der Waals surface area contributed by atoms with E-state index in [9.17, 15) is 19.2 Å². The van der Waals surface area contributed by atoms with Crippen LogP contribution < -0.4 is 15.9 Å². The van der Waals surface area contributed by atoms with Gasteiger partial charge in [0.2, 0.25) is 0 Å². The number of aliphatic carboxylic acids is 2. The van der Waals surface area contributed by atoms with Gasteiger partial charge in [-0.15, -0.1) is 0 Å². The van der Waals surface area contributed by atoms with Crippen molar-refractivity contribution >= 4 is 40.9 Å². The van der Waals surface area contributed by atoms with Gasteiger partial charge in [-0.2, -0.15) is 4.99 Å². The lowest BCUT2D eigenvalue weighted by atomic mass is 10.1. The van der Waals surface area contributed by atoms with E-state index >= 15 is 0 Å². The number of amidine groups is 1. The maximum atomic E-state index is 12.7. The minimum Gasteiger partial charge on any atom is -0.481 e. The van der Waals surface area contributed by atoms with Crippen LogP contribution >= 0.6 is 11.3 Å². The minimum absolute atomic E-state index is 0.0331. The van der Waals surface area contributed by atoms with Crippen LogP contribution in [-0.2, 0) is 16.1 Å². The van der Waals surface area contributed by atoms with Crippen LogP contribution in [0.3, 0.4) is 0 Å². The fourth-order valence-electron chi connectivity index (χ4n) is 3.07. The Morgan fingerprint density at radius 1 is 1.03 bits per heavy atom. The molecule has 0 atom stereocenters. The number of carboxylic acids is 2. The van der Waals surface area contributed by atoms with Crippen LogP contribution in [0.15, 0.2) is 29.3 Å². The highest BCUT2D eigenvalue weighted by molar-refractivity contribution is 7.11. The predicted octanol–water partition coefficient (Wildman–Crippen LogP) is 1.73. The number of hydrogen-bond donors (Lipinski definition) is 5. The van der Waals surface area contributed by atoms with E-state index in [1.165, 1.54) is 12.1 Å². The van der Waals surface area contributed by atoms with Gasteiger partial charge in [-0.05, 0) is 31.9 Å². The third kappa shape index (κ3) is 7.66. The molecule has 182 valence electrons. The van der Waals surface area contributed by atoms with E-state index in [1.807, 2.05) is 0 Å². The van der Waals surface area contributed by atoms with Crippen LogP contribution in [0.2, 0.25) is 0 Å². The number of carbonyl (C=O) groups excluding carboxylic acids is 2. The molecule has 0 fully saturated rings. The number of hydrogen-bond acceptors (Lipinski definition) is 6. The Morgan fingerprint density at radius 3 is 2.24 bits per heavy atom. The molecular formula is C22H27N5O6S. The SMILES string of the molecule is Cc1c(C(=O)NCCC(=O)O)sc(=NC(=O)c2ccc(C(=N)N)cc2)n1CCCCCC(=O)O. The lowest BCUT2D eigenvalue weighted by molar-refractivity contribution is -0.138. The number of benzene rings is 1. The zero-order valence-electron chi connectivity index (χ0n) is 18.7. The fourth-order valence-corrected chi connectivity index (χ4v) is 4.15. The van der Waals surface area contributed by atoms with E-state index in [0.717, 1.165) is 11.3 Å². The molecule has 0 radical (unpaired) electrons. The van der Waals surface area contributed by atoms with Crippen LogP contribution in [0.1, 0.15) is 63.4 Å². The van der Waals surface area contributed by atoms with E-state index < -0.39 is 23.8 Å². The third-order valence-electron chi connectivity index (χ3n) is 4.90. The number of carbonyl (C=O) groups is 4. The number of carboxylic acid groups (broad SMARTS) is 2. The van der Waals surface area contributed by atoms with Crippen LogP contribution in [0.5, 0.6) is 0 Å². The van der Waals surface area contributed by atoms with Crippen LogP contribution in [0.4, 0.5) is 0 Å². The zero-order valence-corrected chi connectivity index (χ0v) is 19.5. The highest BCUT2D eigenvalue weighted by atomic mass is 32.1. The van der Waals surface area contributed by atoms with Crippen molar-refractivity contribution in [3.63, 3.8) is 0 Å². The van der Waals surface area contributed by atoms with Gasteiger partial charge < -0.3 is 25.8 Å². The molecule has 11 nitrogen and oxygen atoms in total. The molecule has 0 saturated heterocycles. The van der Waals surface area contributed by atoms with E-state index in [0.29, 0.717) is 46.7 Å². The first kappa shape index (κ1) is 26.5. The van der Waals surface area contributed by atoms with Gasteiger partial charge in [-0.3, -0.25) is 24.6 Å². The summed E-state index contributed by atoms with van der Waals surface area (Å²) in [4.78, 5) is 51.6. The number of nitrogens with two attached hydrogens (primary N) is 1. The predicted molar refractivity (Wildman–Crippen MR) is 125 cm³/mol. The Morgan fingerprint density at radius 2 is 1.65 bits per heavy atom. The Hall–Kier alpha value is -3.80. The molecule has 1 aromatic carbocycles. The topological polar surface area (TPSA) is 188 Å². The summed E-state index contributed by atoms with van der Waals surface area (Å²) in [5.74, 6) is -3.01. The first-order valence-electron chi connectivity index (χ1n) is 10.6. The highest BCUT2D eigenvalue weighted by Gasteiger charge is 2.18. The molecule has 0 aliphatic heterocycles. The Balaban J connectivity index is 2.31. The van der Waals surface area contributed by atoms with Crippen LogP contribution in [0.25, 0.3) is 0 Å². The molecule has 0 bridgehead atoms. The van der Waals surface area contributed by atoms with Crippen molar-refractivity contribution in [3.8, 4) is 0 Å². The fraction of sp³-hybridized carbons (Fsp3) is 0.364. The molecule has 2 rings (SSSR count). The van der Waals surface area contributed by atoms with E-state index in [4.69, 9.17) is 21.4 Å². The Bertz CT molecular complexity index is 1150. The van der Waals surface area contributed by atoms with Gasteiger partial charge in [0.15, 0.2) is 4.80 Å². The van der Waals surface area contributed by atoms with Gasteiger partial charge in [0.25, 0.3) is 11.8 Å². The number of nitrogens with zero attached hydrogens (tertiary/aromatic N) is 2. The van der Waals surface area contributed by atoms with Gasteiger partial charge in [0.1, 0.15) is 10.7 Å². The zero-order chi connectivity index (χ0) is 25.3. The van der Waals surface area contributed by atoms with Crippen molar-refractivity contribution in [2.24, 2.45) is 10.7 Å². The molecule has 0 spiro atoms. The molecule has 2 aromatic rings. The van der Waals surface area contributed by atoms with Crippen molar-refractivity contribution < 1.29 is 29.4 Å². The third-order valence-corrected chi connectivity index (χ3v) is 6.08. The van der Waals surface area contributed by atoms with E-state index in [2.05, 4.69) is 10.3 Å². The Kier molecular flexibility index (Phi) is 9.68. The van der Waals surface area contributed by atoms with Crippen LogP contribution in [0, 0.1) is 12.3 Å². The molecule has 6 N–H and O–H groups in total. The Labute approximate surface area is 199 Å². The van der Waals surface area contributed by atoms with Gasteiger partial charge in [-0.1, -0.05) is 29.9 Å². The number of unbranched alkanes of at least 4 members (excludes halogenated alkanes) is 2. The van der Waals surface area contributed by atoms with Gasteiger partial charge in [0, 0.05) is 36.3 Å². The molecule has 1 heterocycles. The largest absolute Gasteiger partial charge is 0.481 e. The van der Waals surface area contributed by atoms with Crippen molar-refractivity contribution in [2.75, 3.05) is 6.54 Å². The van der Waals surface area contributed by atoms with Crippen molar-refractivity contribution in [2.45, 2.75) is 45.6 Å². The van der Waals surface area contributed by atoms with Gasteiger partial charge in [0.05, 0.1) is 6.42 Å².